The Morgan fingerprint density at radius 2 is 1.81 bits per heavy atom. The van der Waals surface area contributed by atoms with Gasteiger partial charge in [0.15, 0.2) is 5.82 Å². The monoisotopic (exact) mass is 373 g/mol. The first-order valence-corrected chi connectivity index (χ1v) is 7.78. The minimum Gasteiger partial charge on any atom is -0.496 e. The summed E-state index contributed by atoms with van der Waals surface area (Å²) in [5, 5.41) is 6.27. The van der Waals surface area contributed by atoms with Crippen molar-refractivity contribution in [3.8, 4) is 28.6 Å². The van der Waals surface area contributed by atoms with Gasteiger partial charge in [0.05, 0.1) is 32.6 Å². The summed E-state index contributed by atoms with van der Waals surface area (Å²) in [5.41, 5.74) is -0.261. The second kappa shape index (κ2) is 7.32. The summed E-state index contributed by atoms with van der Waals surface area (Å²) in [4.78, 5) is 24.4. The predicted molar refractivity (Wildman–Crippen MR) is 94.0 cm³/mol. The summed E-state index contributed by atoms with van der Waals surface area (Å²) in [6, 6.07) is 8.64. The van der Waals surface area contributed by atoms with Crippen molar-refractivity contribution in [3.63, 3.8) is 0 Å². The van der Waals surface area contributed by atoms with Crippen LogP contribution in [-0.4, -0.2) is 42.1 Å². The molecule has 0 saturated carbocycles. The highest BCUT2D eigenvalue weighted by Gasteiger charge is 2.23. The van der Waals surface area contributed by atoms with Gasteiger partial charge in [0.2, 0.25) is 0 Å². The molecule has 9 heteroatoms. The molecule has 8 nitrogen and oxygen atoms in total. The van der Waals surface area contributed by atoms with Crippen molar-refractivity contribution < 1.29 is 23.4 Å². The van der Waals surface area contributed by atoms with Crippen molar-refractivity contribution in [1.29, 1.82) is 0 Å². The number of aromatic amines is 1. The van der Waals surface area contributed by atoms with Crippen LogP contribution in [0.2, 0.25) is 0 Å². The number of carbonyl (C=O) groups excluding carboxylic acids is 1. The van der Waals surface area contributed by atoms with Crippen LogP contribution in [0, 0.1) is 5.82 Å². The number of methoxy groups -OCH3 is 3. The van der Waals surface area contributed by atoms with Crippen LogP contribution in [0.15, 0.2) is 41.2 Å². The molecule has 0 fully saturated rings. The zero-order valence-electron chi connectivity index (χ0n) is 14.8. The normalized spacial score (nSPS) is 10.5. The van der Waals surface area contributed by atoms with Gasteiger partial charge in [-0.1, -0.05) is 12.1 Å². The van der Waals surface area contributed by atoms with Crippen LogP contribution >= 0.6 is 0 Å². The van der Waals surface area contributed by atoms with Crippen molar-refractivity contribution in [2.45, 2.75) is 0 Å². The van der Waals surface area contributed by atoms with Crippen molar-refractivity contribution in [1.82, 2.24) is 14.8 Å². The van der Waals surface area contributed by atoms with E-state index in [1.165, 1.54) is 51.7 Å². The Bertz CT molecular complexity index is 1060. The molecule has 3 aromatic rings. The summed E-state index contributed by atoms with van der Waals surface area (Å²) in [6.07, 6.45) is 0. The number of nitrogens with one attached hydrogen (secondary N) is 1. The molecule has 0 radical (unpaired) electrons. The lowest BCUT2D eigenvalue weighted by Crippen LogP contribution is -2.17. The standard InChI is InChI=1S/C18H16FN3O5/c1-25-14-9-15(26-2)11(17(23)27-3)8-10(14)16-20-21-18(24)22(16)13-7-5-4-6-12(13)19/h4-9H,1-3H3,(H,21,24). The Labute approximate surface area is 153 Å². The predicted octanol–water partition coefficient (Wildman–Crippen LogP) is 2.17. The second-order valence-corrected chi connectivity index (χ2v) is 5.38. The average molecular weight is 373 g/mol. The molecule has 0 saturated heterocycles. The van der Waals surface area contributed by atoms with Crippen molar-refractivity contribution in [2.75, 3.05) is 21.3 Å². The van der Waals surface area contributed by atoms with Crippen molar-refractivity contribution in [3.05, 3.63) is 58.3 Å². The summed E-state index contributed by atoms with van der Waals surface area (Å²) < 4.78 is 30.6. The third kappa shape index (κ3) is 3.14. The Morgan fingerprint density at radius 1 is 1.11 bits per heavy atom. The lowest BCUT2D eigenvalue weighted by Gasteiger charge is -2.14. The fourth-order valence-electron chi connectivity index (χ4n) is 2.68. The van der Waals surface area contributed by atoms with Gasteiger partial charge in [-0.25, -0.2) is 23.6 Å². The molecule has 0 aliphatic heterocycles. The first-order valence-electron chi connectivity index (χ1n) is 7.78. The first-order chi connectivity index (χ1) is 13.0. The maximum absolute atomic E-state index is 14.3. The molecule has 1 N–H and O–H groups in total. The summed E-state index contributed by atoms with van der Waals surface area (Å²) in [7, 11) is 4.04. The largest absolute Gasteiger partial charge is 0.496 e. The number of halogens is 1. The maximum atomic E-state index is 14.3. The minimum absolute atomic E-state index is 0.00346. The van der Waals surface area contributed by atoms with Gasteiger partial charge in [0.1, 0.15) is 22.9 Å². The lowest BCUT2D eigenvalue weighted by atomic mass is 10.1. The number of benzene rings is 2. The molecule has 0 aliphatic rings. The molecule has 0 spiro atoms. The van der Waals surface area contributed by atoms with Gasteiger partial charge < -0.3 is 14.2 Å². The number of aromatic nitrogens is 3. The van der Waals surface area contributed by atoms with Crippen LogP contribution in [0.3, 0.4) is 0 Å². The first kappa shape index (κ1) is 18.2. The molecule has 0 aliphatic carbocycles. The Kier molecular flexibility index (Phi) is 4.93. The molecule has 0 atom stereocenters. The number of rotatable bonds is 5. The highest BCUT2D eigenvalue weighted by Crippen LogP contribution is 2.36. The Balaban J connectivity index is 2.31. The molecule has 2 aromatic carbocycles. The Morgan fingerprint density at radius 3 is 2.44 bits per heavy atom. The molecule has 0 unspecified atom stereocenters. The smallest absolute Gasteiger partial charge is 0.348 e. The van der Waals surface area contributed by atoms with Gasteiger partial charge in [-0.05, 0) is 18.2 Å². The van der Waals surface area contributed by atoms with E-state index in [1.807, 2.05) is 0 Å². The van der Waals surface area contributed by atoms with Crippen LogP contribution in [-0.2, 0) is 4.74 Å². The van der Waals surface area contributed by atoms with Crippen LogP contribution in [0.25, 0.3) is 17.1 Å². The SMILES string of the molecule is COC(=O)c1cc(-c2n[nH]c(=O)n2-c2ccccc2F)c(OC)cc1OC. The van der Waals surface area contributed by atoms with Gasteiger partial charge in [-0.2, -0.15) is 5.10 Å². The number of H-pyrrole nitrogens is 1. The van der Waals surface area contributed by atoms with E-state index < -0.39 is 17.5 Å². The summed E-state index contributed by atoms with van der Waals surface area (Å²) in [6.45, 7) is 0. The third-order valence-corrected chi connectivity index (χ3v) is 3.93. The lowest BCUT2D eigenvalue weighted by molar-refractivity contribution is 0.0597. The summed E-state index contributed by atoms with van der Waals surface area (Å²) >= 11 is 0. The molecule has 1 aromatic heterocycles. The van der Waals surface area contributed by atoms with Gasteiger partial charge in [0, 0.05) is 6.07 Å². The van der Waals surface area contributed by atoms with E-state index in [0.717, 1.165) is 4.57 Å². The van der Waals surface area contributed by atoms with Gasteiger partial charge in [-0.15, -0.1) is 0 Å². The number of ether oxygens (including phenoxy) is 3. The second-order valence-electron chi connectivity index (χ2n) is 5.38. The van der Waals surface area contributed by atoms with Crippen LogP contribution in [0.1, 0.15) is 10.4 Å². The number of carbonyl (C=O) groups is 1. The van der Waals surface area contributed by atoms with Crippen LogP contribution in [0.5, 0.6) is 11.5 Å². The molecule has 3 rings (SSSR count). The number of hydrogen-bond donors (Lipinski definition) is 1. The molecule has 140 valence electrons. The maximum Gasteiger partial charge on any atom is 0.348 e. The van der Waals surface area contributed by atoms with E-state index in [4.69, 9.17) is 14.2 Å². The third-order valence-electron chi connectivity index (χ3n) is 3.93. The number of nitrogens with zero attached hydrogens (tertiary/aromatic N) is 2. The van der Waals surface area contributed by atoms with Gasteiger partial charge in [0.25, 0.3) is 0 Å². The molecule has 1 heterocycles. The molecule has 27 heavy (non-hydrogen) atoms. The van der Waals surface area contributed by atoms with E-state index >= 15 is 0 Å². The van der Waals surface area contributed by atoms with E-state index in [0.29, 0.717) is 0 Å². The number of para-hydroxylation sites is 1. The topological polar surface area (TPSA) is 95.4 Å². The molecule has 0 amide bonds. The molecular formula is C18H16FN3O5. The van der Waals surface area contributed by atoms with E-state index in [-0.39, 0.29) is 34.1 Å². The van der Waals surface area contributed by atoms with Crippen molar-refractivity contribution >= 4 is 5.97 Å². The minimum atomic E-state index is -0.647. The van der Waals surface area contributed by atoms with Crippen LogP contribution < -0.4 is 15.2 Å². The van der Waals surface area contributed by atoms with Gasteiger partial charge in [-0.3, -0.25) is 0 Å². The fourth-order valence-corrected chi connectivity index (χ4v) is 2.68. The summed E-state index contributed by atoms with van der Waals surface area (Å²) in [5.74, 6) is -0.697. The zero-order valence-corrected chi connectivity index (χ0v) is 14.8. The van der Waals surface area contributed by atoms with E-state index in [2.05, 4.69) is 10.2 Å². The van der Waals surface area contributed by atoms with E-state index in [1.54, 1.807) is 6.07 Å². The van der Waals surface area contributed by atoms with E-state index in [9.17, 15) is 14.0 Å². The quantitative estimate of drug-likeness (QED) is 0.689. The zero-order chi connectivity index (χ0) is 19.6. The average Bonchev–Trinajstić information content (AvgIpc) is 3.07. The number of esters is 1. The fraction of sp³-hybridized carbons (Fsp3) is 0.167. The highest BCUT2D eigenvalue weighted by atomic mass is 19.1. The molecule has 0 bridgehead atoms. The van der Waals surface area contributed by atoms with Gasteiger partial charge >= 0.3 is 11.7 Å². The molecular weight excluding hydrogens is 357 g/mol. The number of hydrogen-bond acceptors (Lipinski definition) is 6. The Hall–Kier alpha value is -3.62. The van der Waals surface area contributed by atoms with Crippen molar-refractivity contribution in [2.24, 2.45) is 0 Å². The van der Waals surface area contributed by atoms with Crippen LogP contribution in [0.4, 0.5) is 4.39 Å². The highest BCUT2D eigenvalue weighted by molar-refractivity contribution is 5.95.